The van der Waals surface area contributed by atoms with Crippen molar-refractivity contribution in [2.75, 3.05) is 11.4 Å². The Hall–Kier alpha value is -5.22. The zero-order valence-corrected chi connectivity index (χ0v) is 42.3. The van der Waals surface area contributed by atoms with Gasteiger partial charge in [-0.2, -0.15) is 0 Å². The highest BCUT2D eigenvalue weighted by molar-refractivity contribution is 6.86. The van der Waals surface area contributed by atoms with Gasteiger partial charge in [-0.15, -0.1) is 0 Å². The number of rotatable bonds is 16. The zero-order chi connectivity index (χ0) is 47.4. The minimum absolute atomic E-state index is 0.0393. The predicted molar refractivity (Wildman–Crippen MR) is 284 cm³/mol. The highest BCUT2D eigenvalue weighted by Gasteiger charge is 2.44. The van der Waals surface area contributed by atoms with Gasteiger partial charge in [0, 0.05) is 35.1 Å². The highest BCUT2D eigenvalue weighted by Crippen LogP contribution is 2.50. The molecule has 1 aromatic carbocycles. The number of hydrogen-bond acceptors (Lipinski definition) is 3. The summed E-state index contributed by atoms with van der Waals surface area (Å²) in [6.45, 7) is 49.7. The predicted octanol–water partition coefficient (Wildman–Crippen LogP) is 16.5. The Morgan fingerprint density at radius 3 is 2.14 bits per heavy atom. The van der Waals surface area contributed by atoms with Crippen LogP contribution in [0.5, 0.6) is 0 Å². The molecule has 0 radical (unpaired) electrons. The van der Waals surface area contributed by atoms with Gasteiger partial charge < -0.3 is 14.2 Å². The Bertz CT molecular complexity index is 2480. The maximum absolute atomic E-state index is 7.31. The molecule has 3 heterocycles. The summed E-state index contributed by atoms with van der Waals surface area (Å²) in [4.78, 5) is 4.81. The van der Waals surface area contributed by atoms with Crippen LogP contribution in [-0.4, -0.2) is 18.2 Å². The Labute approximate surface area is 390 Å². The number of allylic oxidation sites excluding steroid dienone is 18. The van der Waals surface area contributed by atoms with Gasteiger partial charge in [-0.3, -0.25) is 0 Å². The van der Waals surface area contributed by atoms with Crippen LogP contribution in [0.15, 0.2) is 184 Å². The molecular weight excluding hydrogens is 775 g/mol. The SMILES string of the molecule is C=CC(=C(\C=C\C)N1C=C2B(C=C1/C=C\C(=C)C(C)(C)C)c1oc3cc4c(cc3c1N(C/C=C\C(=C/C)C(C)(C)CCCC)/C2=C/C(=C)C)C(C)(C)CCC4(C)C)/C(C=C)=C/C=C/C. The van der Waals surface area contributed by atoms with E-state index in [-0.39, 0.29) is 28.4 Å². The molecule has 4 heteroatoms. The summed E-state index contributed by atoms with van der Waals surface area (Å²) in [5, 5.41) is 1.16. The topological polar surface area (TPSA) is 19.6 Å². The second-order valence-electron chi connectivity index (χ2n) is 21.1. The zero-order valence-electron chi connectivity index (χ0n) is 42.3. The first-order valence-electron chi connectivity index (χ1n) is 23.8. The molecule has 0 atom stereocenters. The molecule has 0 saturated carbocycles. The number of unbranched alkanes of at least 4 members (excludes halogenated alkanes) is 1. The molecule has 0 unspecified atom stereocenters. The van der Waals surface area contributed by atoms with Crippen molar-refractivity contribution >= 4 is 29.0 Å². The van der Waals surface area contributed by atoms with Gasteiger partial charge in [-0.25, -0.2) is 0 Å². The number of furan rings is 1. The number of hydrogen-bond donors (Lipinski definition) is 0. The molecule has 0 bridgehead atoms. The maximum Gasteiger partial charge on any atom is 0.289 e. The Balaban J connectivity index is 1.91. The number of anilines is 1. The van der Waals surface area contributed by atoms with Crippen LogP contribution in [0.4, 0.5) is 5.69 Å². The van der Waals surface area contributed by atoms with Crippen molar-refractivity contribution in [1.82, 2.24) is 4.90 Å². The van der Waals surface area contributed by atoms with E-state index in [4.69, 9.17) is 4.42 Å². The molecule has 64 heavy (non-hydrogen) atoms. The molecule has 0 saturated heterocycles. The summed E-state index contributed by atoms with van der Waals surface area (Å²) in [6, 6.07) is 4.86. The molecule has 3 aliphatic rings. The largest absolute Gasteiger partial charge is 0.468 e. The van der Waals surface area contributed by atoms with Crippen molar-refractivity contribution in [3.63, 3.8) is 0 Å². The van der Waals surface area contributed by atoms with Crippen molar-refractivity contribution in [3.05, 3.63) is 191 Å². The van der Waals surface area contributed by atoms with E-state index in [1.54, 1.807) is 0 Å². The van der Waals surface area contributed by atoms with Gasteiger partial charge in [-0.1, -0.05) is 181 Å². The van der Waals surface area contributed by atoms with Gasteiger partial charge in [0.1, 0.15) is 5.58 Å². The molecular formula is C60H79BN2O. The summed E-state index contributed by atoms with van der Waals surface area (Å²) in [7, 11) is 0. The molecule has 5 rings (SSSR count). The third-order valence-electron chi connectivity index (χ3n) is 13.7. The van der Waals surface area contributed by atoms with Crippen LogP contribution >= 0.6 is 0 Å². The first-order valence-corrected chi connectivity index (χ1v) is 23.8. The first kappa shape index (κ1) is 49.8. The molecule has 1 aliphatic carbocycles. The molecule has 0 spiro atoms. The summed E-state index contributed by atoms with van der Waals surface area (Å²) < 4.78 is 7.31. The van der Waals surface area contributed by atoms with Gasteiger partial charge in [0.05, 0.1) is 17.0 Å². The Morgan fingerprint density at radius 1 is 0.906 bits per heavy atom. The average Bonchev–Trinajstić information content (AvgIpc) is 3.61. The van der Waals surface area contributed by atoms with Crippen LogP contribution in [-0.2, 0) is 10.8 Å². The van der Waals surface area contributed by atoms with Gasteiger partial charge in [0.15, 0.2) is 0 Å². The summed E-state index contributed by atoms with van der Waals surface area (Å²) >= 11 is 0. The van der Waals surface area contributed by atoms with E-state index in [0.717, 1.165) is 86.4 Å². The van der Waals surface area contributed by atoms with Crippen molar-refractivity contribution in [3.8, 4) is 0 Å². The third-order valence-corrected chi connectivity index (χ3v) is 13.7. The maximum atomic E-state index is 7.31. The lowest BCUT2D eigenvalue weighted by molar-refractivity contribution is 0.332. The Kier molecular flexibility index (Phi) is 15.5. The second-order valence-corrected chi connectivity index (χ2v) is 21.1. The third kappa shape index (κ3) is 10.3. The standard InChI is InChI=1S/C60H79BN2O/c1-19-25-29-44(22-4)47(24-6)52(28-21-3)63-41-51-53(37-42(7)8)62(36-27-30-45(23-5)58(13,14)33-26-20-2)55-48-38-49-50(60(17,18)35-34-59(49,15)16)39-54(48)64-56(55)61(51)40-46(63)32-31-43(9)57(10,11)12/h19,21-25,27-32,37-41H,4,6-7,9,20,26,33-36H2,1-3,5,8,10-18H3/b25-19+,28-21+,30-27-,32-31-,44-29+,45-23+,52-47-,53-37+. The van der Waals surface area contributed by atoms with Crippen molar-refractivity contribution < 1.29 is 4.42 Å². The summed E-state index contributed by atoms with van der Waals surface area (Å²) in [6.07, 6.45) is 36.1. The minimum atomic E-state index is -0.180. The van der Waals surface area contributed by atoms with E-state index in [1.165, 1.54) is 29.5 Å². The number of nitrogens with zero attached hydrogens (tertiary/aromatic N) is 2. The van der Waals surface area contributed by atoms with Crippen molar-refractivity contribution in [2.24, 2.45) is 10.8 Å². The molecule has 0 fully saturated rings. The van der Waals surface area contributed by atoms with Crippen LogP contribution in [0.3, 0.4) is 0 Å². The van der Waals surface area contributed by atoms with Gasteiger partial charge in [0.2, 0.25) is 0 Å². The van der Waals surface area contributed by atoms with Gasteiger partial charge in [0.25, 0.3) is 6.71 Å². The van der Waals surface area contributed by atoms with Crippen molar-refractivity contribution in [2.45, 2.75) is 140 Å². The fraction of sp³-hybridized carbons (Fsp3) is 0.400. The number of benzene rings is 1. The fourth-order valence-corrected chi connectivity index (χ4v) is 9.43. The first-order chi connectivity index (χ1) is 30.1. The van der Waals surface area contributed by atoms with E-state index in [0.29, 0.717) is 6.54 Å². The average molecular weight is 855 g/mol. The molecule has 0 amide bonds. The lowest BCUT2D eigenvalue weighted by atomic mass is 9.39. The monoisotopic (exact) mass is 855 g/mol. The Morgan fingerprint density at radius 2 is 1.58 bits per heavy atom. The lowest BCUT2D eigenvalue weighted by Gasteiger charge is -2.42. The molecule has 1 aromatic heterocycles. The normalized spacial score (nSPS) is 19.1. The molecule has 2 aromatic rings. The second kappa shape index (κ2) is 19.9. The quantitative estimate of drug-likeness (QED) is 0.124. The van der Waals surface area contributed by atoms with E-state index in [9.17, 15) is 0 Å². The van der Waals surface area contributed by atoms with Gasteiger partial charge >= 0.3 is 0 Å². The smallest absolute Gasteiger partial charge is 0.289 e. The summed E-state index contributed by atoms with van der Waals surface area (Å²) in [5.41, 5.74) is 15.5. The highest BCUT2D eigenvalue weighted by atomic mass is 16.3. The minimum Gasteiger partial charge on any atom is -0.468 e. The van der Waals surface area contributed by atoms with E-state index in [2.05, 4.69) is 211 Å². The van der Waals surface area contributed by atoms with E-state index >= 15 is 0 Å². The van der Waals surface area contributed by atoms with E-state index in [1.807, 2.05) is 25.2 Å². The lowest BCUT2D eigenvalue weighted by Crippen LogP contribution is -2.47. The van der Waals surface area contributed by atoms with E-state index < -0.39 is 0 Å². The summed E-state index contributed by atoms with van der Waals surface area (Å²) in [5.74, 6) is 2.39. The van der Waals surface area contributed by atoms with Crippen molar-refractivity contribution in [1.29, 1.82) is 0 Å². The van der Waals surface area contributed by atoms with Crippen LogP contribution in [0.25, 0.3) is 11.0 Å². The fourth-order valence-electron chi connectivity index (χ4n) is 9.43. The molecule has 0 N–H and O–H groups in total. The van der Waals surface area contributed by atoms with Gasteiger partial charge in [-0.05, 0) is 132 Å². The van der Waals surface area contributed by atoms with Crippen LogP contribution in [0, 0.1) is 10.8 Å². The number of fused-ring (bicyclic) bond motifs is 6. The molecule has 338 valence electrons. The molecule has 2 aliphatic heterocycles. The van der Waals surface area contributed by atoms with Crippen LogP contribution in [0.1, 0.15) is 140 Å². The van der Waals surface area contributed by atoms with Crippen LogP contribution < -0.4 is 10.6 Å². The van der Waals surface area contributed by atoms with Crippen LogP contribution in [0.2, 0.25) is 0 Å². The molecule has 3 nitrogen and oxygen atoms in total.